The van der Waals surface area contributed by atoms with Crippen molar-refractivity contribution in [3.05, 3.63) is 42.5 Å². The van der Waals surface area contributed by atoms with Gasteiger partial charge < -0.3 is 15.1 Å². The third kappa shape index (κ3) is 4.95. The van der Waals surface area contributed by atoms with Gasteiger partial charge in [-0.2, -0.15) is 0 Å². The lowest BCUT2D eigenvalue weighted by Crippen LogP contribution is -2.49. The molecule has 1 aromatic carbocycles. The molecule has 2 heterocycles. The van der Waals surface area contributed by atoms with Crippen molar-refractivity contribution >= 4 is 35.1 Å². The molecular weight excluding hydrogens is 350 g/mol. The molecule has 0 unspecified atom stereocenters. The van der Waals surface area contributed by atoms with Crippen molar-refractivity contribution in [2.75, 3.05) is 42.1 Å². The summed E-state index contributed by atoms with van der Waals surface area (Å²) in [6.45, 7) is 4.54. The van der Waals surface area contributed by atoms with Crippen LogP contribution in [0.15, 0.2) is 47.5 Å². The molecule has 1 aliphatic rings. The van der Waals surface area contributed by atoms with E-state index in [0.717, 1.165) is 26.2 Å². The number of carbonyl (C=O) groups excluding carboxylic acids is 2. The molecule has 0 radical (unpaired) electrons. The van der Waals surface area contributed by atoms with E-state index >= 15 is 0 Å². The average Bonchev–Trinajstić information content (AvgIpc) is 2.67. The molecule has 1 N–H and O–H groups in total. The molecule has 1 fully saturated rings. The number of rotatable bonds is 5. The summed E-state index contributed by atoms with van der Waals surface area (Å²) in [5.41, 5.74) is 1.20. The summed E-state index contributed by atoms with van der Waals surface area (Å²) in [6.07, 6.45) is 0. The van der Waals surface area contributed by atoms with Gasteiger partial charge in [0.05, 0.1) is 5.75 Å². The highest BCUT2D eigenvalue weighted by atomic mass is 32.2. The molecule has 7 nitrogen and oxygen atoms in total. The Hall–Kier alpha value is -2.61. The van der Waals surface area contributed by atoms with Crippen LogP contribution in [-0.2, 0) is 9.59 Å². The van der Waals surface area contributed by atoms with Gasteiger partial charge >= 0.3 is 0 Å². The summed E-state index contributed by atoms with van der Waals surface area (Å²) in [5, 5.41) is 11.2. The first-order chi connectivity index (χ1) is 12.6. The molecule has 0 aliphatic carbocycles. The molecular formula is C18H21N5O2S. The maximum atomic E-state index is 12.4. The van der Waals surface area contributed by atoms with E-state index in [1.54, 1.807) is 12.1 Å². The number of benzene rings is 1. The van der Waals surface area contributed by atoms with Gasteiger partial charge in [0, 0.05) is 38.8 Å². The number of nitrogens with zero attached hydrogens (tertiary/aromatic N) is 4. The van der Waals surface area contributed by atoms with E-state index < -0.39 is 0 Å². The normalized spacial score (nSPS) is 14.2. The summed E-state index contributed by atoms with van der Waals surface area (Å²) >= 11 is 1.36. The number of nitrogens with one attached hydrogen (secondary N) is 1. The first-order valence-electron chi connectivity index (χ1n) is 8.44. The summed E-state index contributed by atoms with van der Waals surface area (Å²) in [6, 6.07) is 13.7. The van der Waals surface area contributed by atoms with E-state index in [1.165, 1.54) is 24.4 Å². The second kappa shape index (κ2) is 8.66. The largest absolute Gasteiger partial charge is 0.368 e. The Morgan fingerprint density at radius 2 is 1.77 bits per heavy atom. The molecule has 0 bridgehead atoms. The van der Waals surface area contributed by atoms with Gasteiger partial charge in [0.1, 0.15) is 5.03 Å². The first-order valence-corrected chi connectivity index (χ1v) is 9.42. The number of aromatic nitrogens is 2. The van der Waals surface area contributed by atoms with Gasteiger partial charge in [-0.1, -0.05) is 30.0 Å². The lowest BCUT2D eigenvalue weighted by atomic mass is 10.2. The van der Waals surface area contributed by atoms with Gasteiger partial charge in [0.25, 0.3) is 0 Å². The zero-order chi connectivity index (χ0) is 18.4. The predicted octanol–water partition coefficient (Wildman–Crippen LogP) is 1.88. The molecule has 2 amide bonds. The lowest BCUT2D eigenvalue weighted by Gasteiger charge is -2.36. The van der Waals surface area contributed by atoms with Crippen molar-refractivity contribution in [1.82, 2.24) is 15.1 Å². The molecule has 8 heteroatoms. The maximum Gasteiger partial charge on any atom is 0.233 e. The van der Waals surface area contributed by atoms with E-state index in [4.69, 9.17) is 0 Å². The minimum absolute atomic E-state index is 0.107. The summed E-state index contributed by atoms with van der Waals surface area (Å²) in [5.74, 6) is 0.657. The Balaban J connectivity index is 1.45. The zero-order valence-corrected chi connectivity index (χ0v) is 15.4. The molecule has 1 aliphatic heterocycles. The van der Waals surface area contributed by atoms with E-state index in [9.17, 15) is 9.59 Å². The minimum Gasteiger partial charge on any atom is -0.368 e. The molecule has 0 atom stereocenters. The van der Waals surface area contributed by atoms with Crippen LogP contribution in [0.2, 0.25) is 0 Å². The first kappa shape index (κ1) is 18.2. The summed E-state index contributed by atoms with van der Waals surface area (Å²) in [4.78, 5) is 27.6. The molecule has 0 saturated carbocycles. The summed E-state index contributed by atoms with van der Waals surface area (Å²) in [7, 11) is 0. The second-order valence-electron chi connectivity index (χ2n) is 5.93. The van der Waals surface area contributed by atoms with Crippen LogP contribution in [0, 0.1) is 0 Å². The Kier molecular flexibility index (Phi) is 6.06. The standard InChI is InChI=1S/C18H21N5O2S/c1-14(24)19-16-7-8-17(21-20-16)26-13-18(25)23-11-9-22(10-12-23)15-5-3-2-4-6-15/h2-8H,9-13H2,1H3,(H,19,20,24). The Morgan fingerprint density at radius 1 is 1.04 bits per heavy atom. The third-order valence-corrected chi connectivity index (χ3v) is 4.95. The van der Waals surface area contributed by atoms with Crippen LogP contribution in [-0.4, -0.2) is 58.8 Å². The fourth-order valence-corrected chi connectivity index (χ4v) is 3.44. The van der Waals surface area contributed by atoms with Crippen LogP contribution >= 0.6 is 11.8 Å². The SMILES string of the molecule is CC(=O)Nc1ccc(SCC(=O)N2CCN(c3ccccc3)CC2)nn1. The van der Waals surface area contributed by atoms with E-state index in [2.05, 4.69) is 32.5 Å². The highest BCUT2D eigenvalue weighted by Crippen LogP contribution is 2.18. The molecule has 26 heavy (non-hydrogen) atoms. The van der Waals surface area contributed by atoms with Gasteiger partial charge in [-0.05, 0) is 24.3 Å². The van der Waals surface area contributed by atoms with Crippen LogP contribution in [0.4, 0.5) is 11.5 Å². The van der Waals surface area contributed by atoms with Gasteiger partial charge in [-0.3, -0.25) is 9.59 Å². The lowest BCUT2D eigenvalue weighted by molar-refractivity contribution is -0.128. The number of para-hydroxylation sites is 1. The molecule has 3 rings (SSSR count). The van der Waals surface area contributed by atoms with E-state index in [1.807, 2.05) is 23.1 Å². The third-order valence-electron chi connectivity index (χ3n) is 4.04. The number of amides is 2. The van der Waals surface area contributed by atoms with Crippen molar-refractivity contribution in [2.45, 2.75) is 11.9 Å². The van der Waals surface area contributed by atoms with Gasteiger partial charge in [0.15, 0.2) is 5.82 Å². The fraction of sp³-hybridized carbons (Fsp3) is 0.333. The number of hydrogen-bond donors (Lipinski definition) is 1. The quantitative estimate of drug-likeness (QED) is 0.809. The van der Waals surface area contributed by atoms with Crippen molar-refractivity contribution < 1.29 is 9.59 Å². The monoisotopic (exact) mass is 371 g/mol. The van der Waals surface area contributed by atoms with Crippen molar-refractivity contribution in [3.8, 4) is 0 Å². The molecule has 0 spiro atoms. The Bertz CT molecular complexity index is 746. The van der Waals surface area contributed by atoms with Crippen LogP contribution < -0.4 is 10.2 Å². The minimum atomic E-state index is -0.190. The highest BCUT2D eigenvalue weighted by molar-refractivity contribution is 7.99. The molecule has 1 aromatic heterocycles. The number of anilines is 2. The second-order valence-corrected chi connectivity index (χ2v) is 6.93. The molecule has 1 saturated heterocycles. The van der Waals surface area contributed by atoms with Crippen LogP contribution in [0.1, 0.15) is 6.92 Å². The smallest absolute Gasteiger partial charge is 0.233 e. The Labute approximate surface area is 156 Å². The highest BCUT2D eigenvalue weighted by Gasteiger charge is 2.21. The summed E-state index contributed by atoms with van der Waals surface area (Å²) < 4.78 is 0. The topological polar surface area (TPSA) is 78.4 Å². The fourth-order valence-electron chi connectivity index (χ4n) is 2.72. The van der Waals surface area contributed by atoms with Crippen LogP contribution in [0.25, 0.3) is 0 Å². The van der Waals surface area contributed by atoms with E-state index in [-0.39, 0.29) is 11.8 Å². The van der Waals surface area contributed by atoms with Crippen molar-refractivity contribution in [1.29, 1.82) is 0 Å². The van der Waals surface area contributed by atoms with Crippen molar-refractivity contribution in [3.63, 3.8) is 0 Å². The number of carbonyl (C=O) groups is 2. The number of thioether (sulfide) groups is 1. The Morgan fingerprint density at radius 3 is 2.38 bits per heavy atom. The molecule has 136 valence electrons. The van der Waals surface area contributed by atoms with Gasteiger partial charge in [-0.15, -0.1) is 10.2 Å². The maximum absolute atomic E-state index is 12.4. The van der Waals surface area contributed by atoms with Gasteiger partial charge in [0.2, 0.25) is 11.8 Å². The number of hydrogen-bond acceptors (Lipinski definition) is 6. The van der Waals surface area contributed by atoms with Gasteiger partial charge in [-0.25, -0.2) is 0 Å². The van der Waals surface area contributed by atoms with E-state index in [0.29, 0.717) is 16.6 Å². The van der Waals surface area contributed by atoms with Crippen LogP contribution in [0.3, 0.4) is 0 Å². The predicted molar refractivity (Wildman–Crippen MR) is 102 cm³/mol. The van der Waals surface area contributed by atoms with Crippen LogP contribution in [0.5, 0.6) is 0 Å². The average molecular weight is 371 g/mol. The zero-order valence-electron chi connectivity index (χ0n) is 14.6. The van der Waals surface area contributed by atoms with Crippen molar-refractivity contribution in [2.24, 2.45) is 0 Å². The molecule has 2 aromatic rings. The number of piperazine rings is 1.